The first-order valence-electron chi connectivity index (χ1n) is 6.60. The van der Waals surface area contributed by atoms with E-state index in [1.54, 1.807) is 0 Å². The average Bonchev–Trinajstić information content (AvgIpc) is 2.37. The van der Waals surface area contributed by atoms with Gasteiger partial charge in [0, 0.05) is 6.54 Å². The summed E-state index contributed by atoms with van der Waals surface area (Å²) in [5.74, 6) is 1.36. The lowest BCUT2D eigenvalue weighted by Gasteiger charge is -2.09. The van der Waals surface area contributed by atoms with Gasteiger partial charge in [-0.25, -0.2) is 0 Å². The molecule has 0 fully saturated rings. The number of amides is 1. The number of rotatable bonds is 7. The van der Waals surface area contributed by atoms with Crippen LogP contribution < -0.4 is 10.1 Å². The van der Waals surface area contributed by atoms with Gasteiger partial charge >= 0.3 is 0 Å². The summed E-state index contributed by atoms with van der Waals surface area (Å²) in [5, 5.41) is 2.87. The van der Waals surface area contributed by atoms with E-state index in [1.165, 1.54) is 5.56 Å². The molecule has 1 N–H and O–H groups in total. The second-order valence-corrected chi connectivity index (χ2v) is 4.79. The zero-order chi connectivity index (χ0) is 13.4. The molecule has 0 saturated carbocycles. The minimum absolute atomic E-state index is 0.0499. The SMILES string of the molecule is CCc1ccc(OCCC(=O)NCC(C)C)cc1. The van der Waals surface area contributed by atoms with E-state index in [0.717, 1.165) is 18.7 Å². The zero-order valence-corrected chi connectivity index (χ0v) is 11.5. The number of carbonyl (C=O) groups is 1. The molecule has 0 saturated heterocycles. The number of ether oxygens (including phenoxy) is 1. The fourth-order valence-corrected chi connectivity index (χ4v) is 1.49. The molecule has 3 heteroatoms. The summed E-state index contributed by atoms with van der Waals surface area (Å²) < 4.78 is 5.52. The molecule has 0 aliphatic carbocycles. The first-order valence-corrected chi connectivity index (χ1v) is 6.60. The molecule has 0 aromatic heterocycles. The Balaban J connectivity index is 2.22. The third-order valence-electron chi connectivity index (χ3n) is 2.64. The van der Waals surface area contributed by atoms with Crippen molar-refractivity contribution in [1.29, 1.82) is 0 Å². The van der Waals surface area contributed by atoms with Crippen molar-refractivity contribution in [2.24, 2.45) is 5.92 Å². The minimum atomic E-state index is 0.0499. The molecule has 18 heavy (non-hydrogen) atoms. The van der Waals surface area contributed by atoms with Gasteiger partial charge in [-0.05, 0) is 30.0 Å². The van der Waals surface area contributed by atoms with E-state index in [-0.39, 0.29) is 5.91 Å². The fraction of sp³-hybridized carbons (Fsp3) is 0.533. The smallest absolute Gasteiger partial charge is 0.223 e. The Morgan fingerprint density at radius 3 is 2.50 bits per heavy atom. The Kier molecular flexibility index (Phi) is 6.26. The van der Waals surface area contributed by atoms with Gasteiger partial charge in [-0.3, -0.25) is 4.79 Å². The molecule has 0 bridgehead atoms. The second kappa shape index (κ2) is 7.75. The number of hydrogen-bond donors (Lipinski definition) is 1. The van der Waals surface area contributed by atoms with Crippen LogP contribution in [-0.4, -0.2) is 19.1 Å². The highest BCUT2D eigenvalue weighted by atomic mass is 16.5. The molecule has 0 atom stereocenters. The van der Waals surface area contributed by atoms with E-state index in [2.05, 4.69) is 26.1 Å². The van der Waals surface area contributed by atoms with Gasteiger partial charge in [0.1, 0.15) is 5.75 Å². The lowest BCUT2D eigenvalue weighted by atomic mass is 10.2. The highest BCUT2D eigenvalue weighted by Gasteiger charge is 2.02. The van der Waals surface area contributed by atoms with E-state index in [0.29, 0.717) is 18.9 Å². The topological polar surface area (TPSA) is 38.3 Å². The Morgan fingerprint density at radius 2 is 1.94 bits per heavy atom. The summed E-state index contributed by atoms with van der Waals surface area (Å²) in [6, 6.07) is 8.00. The number of hydrogen-bond acceptors (Lipinski definition) is 2. The number of aryl methyl sites for hydroxylation is 1. The maximum atomic E-state index is 11.4. The van der Waals surface area contributed by atoms with Crippen molar-refractivity contribution >= 4 is 5.91 Å². The van der Waals surface area contributed by atoms with Gasteiger partial charge in [0.05, 0.1) is 13.0 Å². The molecule has 1 aromatic rings. The molecule has 0 unspecified atom stereocenters. The molecule has 0 heterocycles. The summed E-state index contributed by atoms with van der Waals surface area (Å²) in [6.07, 6.45) is 1.43. The normalized spacial score (nSPS) is 10.4. The molecule has 1 amide bonds. The van der Waals surface area contributed by atoms with Crippen molar-refractivity contribution in [3.8, 4) is 5.75 Å². The maximum absolute atomic E-state index is 11.4. The highest BCUT2D eigenvalue weighted by Crippen LogP contribution is 2.12. The van der Waals surface area contributed by atoms with Gasteiger partial charge in [0.2, 0.25) is 5.91 Å². The third kappa shape index (κ3) is 5.71. The van der Waals surface area contributed by atoms with Crippen LogP contribution in [0.2, 0.25) is 0 Å². The second-order valence-electron chi connectivity index (χ2n) is 4.79. The summed E-state index contributed by atoms with van der Waals surface area (Å²) in [7, 11) is 0. The average molecular weight is 249 g/mol. The summed E-state index contributed by atoms with van der Waals surface area (Å²) in [6.45, 7) is 7.42. The van der Waals surface area contributed by atoms with Crippen LogP contribution in [0.5, 0.6) is 5.75 Å². The van der Waals surface area contributed by atoms with Crippen molar-refractivity contribution < 1.29 is 9.53 Å². The largest absolute Gasteiger partial charge is 0.493 e. The number of carbonyl (C=O) groups excluding carboxylic acids is 1. The lowest BCUT2D eigenvalue weighted by Crippen LogP contribution is -2.28. The Bertz CT molecular complexity index is 357. The van der Waals surface area contributed by atoms with Gasteiger partial charge in [0.25, 0.3) is 0 Å². The predicted octanol–water partition coefficient (Wildman–Crippen LogP) is 2.79. The van der Waals surface area contributed by atoms with Crippen LogP contribution in [0, 0.1) is 5.92 Å². The van der Waals surface area contributed by atoms with Crippen LogP contribution in [0.1, 0.15) is 32.8 Å². The van der Waals surface area contributed by atoms with Crippen LogP contribution >= 0.6 is 0 Å². The first kappa shape index (κ1) is 14.6. The quantitative estimate of drug-likeness (QED) is 0.807. The van der Waals surface area contributed by atoms with E-state index >= 15 is 0 Å². The molecule has 0 aliphatic heterocycles. The Morgan fingerprint density at radius 1 is 1.28 bits per heavy atom. The van der Waals surface area contributed by atoms with Crippen LogP contribution in [0.3, 0.4) is 0 Å². The van der Waals surface area contributed by atoms with E-state index < -0.39 is 0 Å². The summed E-state index contributed by atoms with van der Waals surface area (Å²) in [5.41, 5.74) is 1.29. The molecule has 0 radical (unpaired) electrons. The van der Waals surface area contributed by atoms with Crippen LogP contribution in [-0.2, 0) is 11.2 Å². The van der Waals surface area contributed by atoms with Gasteiger partial charge in [0.15, 0.2) is 0 Å². The highest BCUT2D eigenvalue weighted by molar-refractivity contribution is 5.75. The van der Waals surface area contributed by atoms with Gasteiger partial charge in [-0.1, -0.05) is 32.9 Å². The van der Waals surface area contributed by atoms with Gasteiger partial charge < -0.3 is 10.1 Å². The molecule has 1 rings (SSSR count). The molecular formula is C15H23NO2. The summed E-state index contributed by atoms with van der Waals surface area (Å²) >= 11 is 0. The monoisotopic (exact) mass is 249 g/mol. The molecule has 0 aliphatic rings. The van der Waals surface area contributed by atoms with E-state index in [9.17, 15) is 4.79 Å². The molecule has 100 valence electrons. The predicted molar refractivity (Wildman–Crippen MR) is 73.8 cm³/mol. The Labute approximate surface area is 110 Å². The van der Waals surface area contributed by atoms with E-state index in [1.807, 2.05) is 24.3 Å². The lowest BCUT2D eigenvalue weighted by molar-refractivity contribution is -0.121. The van der Waals surface area contributed by atoms with E-state index in [4.69, 9.17) is 4.74 Å². The van der Waals surface area contributed by atoms with Crippen molar-refractivity contribution in [3.05, 3.63) is 29.8 Å². The first-order chi connectivity index (χ1) is 8.61. The van der Waals surface area contributed by atoms with Gasteiger partial charge in [-0.2, -0.15) is 0 Å². The molecular weight excluding hydrogens is 226 g/mol. The zero-order valence-electron chi connectivity index (χ0n) is 11.5. The van der Waals surface area contributed by atoms with Crippen LogP contribution in [0.4, 0.5) is 0 Å². The number of benzene rings is 1. The van der Waals surface area contributed by atoms with Crippen LogP contribution in [0.15, 0.2) is 24.3 Å². The fourth-order valence-electron chi connectivity index (χ4n) is 1.49. The standard InChI is InChI=1S/C15H23NO2/c1-4-13-5-7-14(8-6-13)18-10-9-15(17)16-11-12(2)3/h5-8,12H,4,9-11H2,1-3H3,(H,16,17). The van der Waals surface area contributed by atoms with Crippen molar-refractivity contribution in [2.45, 2.75) is 33.6 Å². The Hall–Kier alpha value is -1.51. The van der Waals surface area contributed by atoms with Crippen molar-refractivity contribution in [3.63, 3.8) is 0 Å². The van der Waals surface area contributed by atoms with Gasteiger partial charge in [-0.15, -0.1) is 0 Å². The minimum Gasteiger partial charge on any atom is -0.493 e. The van der Waals surface area contributed by atoms with Crippen molar-refractivity contribution in [2.75, 3.05) is 13.2 Å². The van der Waals surface area contributed by atoms with Crippen LogP contribution in [0.25, 0.3) is 0 Å². The summed E-state index contributed by atoms with van der Waals surface area (Å²) in [4.78, 5) is 11.4. The molecule has 3 nitrogen and oxygen atoms in total. The molecule has 1 aromatic carbocycles. The van der Waals surface area contributed by atoms with Crippen molar-refractivity contribution in [1.82, 2.24) is 5.32 Å². The molecule has 0 spiro atoms. The maximum Gasteiger partial charge on any atom is 0.223 e. The number of nitrogens with one attached hydrogen (secondary N) is 1. The third-order valence-corrected chi connectivity index (χ3v) is 2.64.